The topological polar surface area (TPSA) is 78.4 Å². The lowest BCUT2D eigenvalue weighted by Gasteiger charge is -2.31. The summed E-state index contributed by atoms with van der Waals surface area (Å²) < 4.78 is 53.2. The van der Waals surface area contributed by atoms with Crippen molar-refractivity contribution in [3.8, 4) is 11.3 Å². The number of pyridine rings is 1. The van der Waals surface area contributed by atoms with Crippen LogP contribution in [0.25, 0.3) is 11.3 Å². The molecule has 2 aromatic heterocycles. The van der Waals surface area contributed by atoms with Crippen molar-refractivity contribution in [3.05, 3.63) is 57.8 Å². The standard InChI is InChI=1S/C21H17ClF4N4O2S/c22-15-7-11(8-27-18(15)30-6-2-3-12(31)9-30)19(32)29-20-28-16(10-33-20)13-4-1-5-14(17(13)23)21(24,25)26/h1,4-5,7-8,10,12,31H,2-3,6,9H2,(H,28,29,32). The summed E-state index contributed by atoms with van der Waals surface area (Å²) in [4.78, 5) is 22.7. The Balaban J connectivity index is 1.50. The van der Waals surface area contributed by atoms with Crippen molar-refractivity contribution >= 4 is 39.8 Å². The molecule has 0 bridgehead atoms. The van der Waals surface area contributed by atoms with Crippen molar-refractivity contribution in [3.63, 3.8) is 0 Å². The molecule has 1 aliphatic rings. The van der Waals surface area contributed by atoms with Gasteiger partial charge in [0, 0.05) is 30.2 Å². The third-order valence-electron chi connectivity index (χ3n) is 5.08. The molecule has 12 heteroatoms. The lowest BCUT2D eigenvalue weighted by molar-refractivity contribution is -0.139. The zero-order chi connectivity index (χ0) is 23.8. The Hall–Kier alpha value is -2.76. The van der Waals surface area contributed by atoms with Crippen molar-refractivity contribution in [2.75, 3.05) is 23.3 Å². The SMILES string of the molecule is O=C(Nc1nc(-c2cccc(C(F)(F)F)c2F)cs1)c1cnc(N2CCCC(O)C2)c(Cl)c1. The van der Waals surface area contributed by atoms with Gasteiger partial charge in [0.2, 0.25) is 0 Å². The average Bonchev–Trinajstić information content (AvgIpc) is 3.21. The van der Waals surface area contributed by atoms with Crippen LogP contribution in [0.2, 0.25) is 5.02 Å². The number of amides is 1. The van der Waals surface area contributed by atoms with Gasteiger partial charge in [0.05, 0.1) is 27.9 Å². The zero-order valence-corrected chi connectivity index (χ0v) is 18.4. The Kier molecular flexibility index (Phi) is 6.55. The second-order valence-corrected chi connectivity index (χ2v) is 8.69. The van der Waals surface area contributed by atoms with E-state index in [1.807, 2.05) is 4.90 Å². The molecule has 0 radical (unpaired) electrons. The Morgan fingerprint density at radius 3 is 2.82 bits per heavy atom. The van der Waals surface area contributed by atoms with Crippen molar-refractivity contribution in [2.24, 2.45) is 0 Å². The van der Waals surface area contributed by atoms with Crippen LogP contribution in [0.15, 0.2) is 35.8 Å². The third-order valence-corrected chi connectivity index (χ3v) is 6.12. The molecule has 3 aromatic rings. The number of alkyl halides is 3. The molecule has 4 rings (SSSR count). The minimum absolute atomic E-state index is 0.0333. The van der Waals surface area contributed by atoms with Crippen LogP contribution in [0, 0.1) is 5.82 Å². The fourth-order valence-corrected chi connectivity index (χ4v) is 4.50. The van der Waals surface area contributed by atoms with Gasteiger partial charge >= 0.3 is 6.18 Å². The van der Waals surface area contributed by atoms with Gasteiger partial charge in [-0.25, -0.2) is 14.4 Å². The van der Waals surface area contributed by atoms with Crippen LogP contribution in [-0.4, -0.2) is 40.2 Å². The molecule has 1 aliphatic heterocycles. The van der Waals surface area contributed by atoms with Crippen LogP contribution in [0.1, 0.15) is 28.8 Å². The highest BCUT2D eigenvalue weighted by Gasteiger charge is 2.35. The molecule has 33 heavy (non-hydrogen) atoms. The second-order valence-electron chi connectivity index (χ2n) is 7.43. The molecular formula is C21H17ClF4N4O2S. The quantitative estimate of drug-likeness (QED) is 0.480. The molecule has 1 fully saturated rings. The predicted molar refractivity (Wildman–Crippen MR) is 117 cm³/mol. The number of halogens is 5. The zero-order valence-electron chi connectivity index (χ0n) is 16.9. The number of hydrogen-bond acceptors (Lipinski definition) is 6. The molecule has 6 nitrogen and oxygen atoms in total. The van der Waals surface area contributed by atoms with Crippen LogP contribution >= 0.6 is 22.9 Å². The van der Waals surface area contributed by atoms with E-state index in [-0.39, 0.29) is 27.0 Å². The first kappa shape index (κ1) is 23.4. The summed E-state index contributed by atoms with van der Waals surface area (Å²) in [7, 11) is 0. The predicted octanol–water partition coefficient (Wildman–Crippen LogP) is 5.23. The summed E-state index contributed by atoms with van der Waals surface area (Å²) in [6.07, 6.45) is -2.48. The minimum Gasteiger partial charge on any atom is -0.391 e. The largest absolute Gasteiger partial charge is 0.419 e. The van der Waals surface area contributed by atoms with E-state index < -0.39 is 29.6 Å². The van der Waals surface area contributed by atoms with Gasteiger partial charge < -0.3 is 10.0 Å². The maximum atomic E-state index is 14.4. The van der Waals surface area contributed by atoms with E-state index in [0.717, 1.165) is 23.8 Å². The van der Waals surface area contributed by atoms with Gasteiger partial charge in [-0.05, 0) is 31.0 Å². The highest BCUT2D eigenvalue weighted by atomic mass is 35.5. The maximum Gasteiger partial charge on any atom is 0.419 e. The number of anilines is 2. The first-order valence-corrected chi connectivity index (χ1v) is 11.1. The van der Waals surface area contributed by atoms with E-state index in [1.165, 1.54) is 23.7 Å². The summed E-state index contributed by atoms with van der Waals surface area (Å²) in [5.74, 6) is -1.55. The number of nitrogens with one attached hydrogen (secondary N) is 1. The van der Waals surface area contributed by atoms with Crippen LogP contribution in [0.3, 0.4) is 0 Å². The molecule has 1 saturated heterocycles. The first-order chi connectivity index (χ1) is 15.6. The molecule has 0 aliphatic carbocycles. The van der Waals surface area contributed by atoms with Gasteiger partial charge in [0.1, 0.15) is 11.6 Å². The Morgan fingerprint density at radius 2 is 2.12 bits per heavy atom. The number of nitrogens with zero attached hydrogens (tertiary/aromatic N) is 3. The van der Waals surface area contributed by atoms with Crippen LogP contribution in [-0.2, 0) is 6.18 Å². The summed E-state index contributed by atoms with van der Waals surface area (Å²) in [5.41, 5.74) is -1.60. The van der Waals surface area contributed by atoms with Crippen LogP contribution in [0.4, 0.5) is 28.5 Å². The minimum atomic E-state index is -4.84. The van der Waals surface area contributed by atoms with Crippen molar-refractivity contribution < 1.29 is 27.5 Å². The number of hydrogen-bond donors (Lipinski definition) is 2. The van der Waals surface area contributed by atoms with E-state index in [1.54, 1.807) is 0 Å². The smallest absolute Gasteiger partial charge is 0.391 e. The fraction of sp³-hybridized carbons (Fsp3) is 0.286. The molecule has 174 valence electrons. The average molecular weight is 501 g/mol. The summed E-state index contributed by atoms with van der Waals surface area (Å²) in [5, 5.41) is 14.0. The number of piperidine rings is 1. The normalized spacial score (nSPS) is 16.7. The number of benzene rings is 1. The molecule has 1 unspecified atom stereocenters. The number of aliphatic hydroxyl groups excluding tert-OH is 1. The van der Waals surface area contributed by atoms with Crippen molar-refractivity contribution in [1.29, 1.82) is 0 Å². The maximum absolute atomic E-state index is 14.4. The monoisotopic (exact) mass is 500 g/mol. The number of β-amino-alcohol motifs (C(OH)–C–C–N with tert-alkyl or cyclic N) is 1. The number of thiazole rings is 1. The molecular weight excluding hydrogens is 484 g/mol. The lowest BCUT2D eigenvalue weighted by Crippen LogP contribution is -2.38. The van der Waals surface area contributed by atoms with Gasteiger partial charge in [-0.15, -0.1) is 11.3 Å². The molecule has 1 amide bonds. The van der Waals surface area contributed by atoms with Crippen LogP contribution < -0.4 is 10.2 Å². The van der Waals surface area contributed by atoms with E-state index in [0.29, 0.717) is 31.4 Å². The second kappa shape index (κ2) is 9.24. The van der Waals surface area contributed by atoms with Gasteiger partial charge in [-0.1, -0.05) is 17.7 Å². The highest BCUT2D eigenvalue weighted by Crippen LogP contribution is 2.36. The number of carbonyl (C=O) groups excluding carboxylic acids is 1. The Labute approximate surface area is 194 Å². The molecule has 0 saturated carbocycles. The Morgan fingerprint density at radius 1 is 1.33 bits per heavy atom. The number of aromatic nitrogens is 2. The molecule has 0 spiro atoms. The van der Waals surface area contributed by atoms with Gasteiger partial charge in [-0.3, -0.25) is 10.1 Å². The lowest BCUT2D eigenvalue weighted by atomic mass is 10.1. The summed E-state index contributed by atoms with van der Waals surface area (Å²) >= 11 is 7.24. The van der Waals surface area contributed by atoms with Gasteiger partial charge in [0.25, 0.3) is 5.91 Å². The summed E-state index contributed by atoms with van der Waals surface area (Å²) in [6, 6.07) is 4.36. The van der Waals surface area contributed by atoms with Crippen molar-refractivity contribution in [2.45, 2.75) is 25.1 Å². The summed E-state index contributed by atoms with van der Waals surface area (Å²) in [6.45, 7) is 1.08. The number of aliphatic hydroxyl groups is 1. The molecule has 3 heterocycles. The third kappa shape index (κ3) is 5.10. The first-order valence-electron chi connectivity index (χ1n) is 9.85. The number of rotatable bonds is 4. The van der Waals surface area contributed by atoms with E-state index in [2.05, 4.69) is 15.3 Å². The van der Waals surface area contributed by atoms with Crippen LogP contribution in [0.5, 0.6) is 0 Å². The fourth-order valence-electron chi connectivity index (χ4n) is 3.51. The molecule has 1 atom stereocenters. The van der Waals surface area contributed by atoms with E-state index in [9.17, 15) is 27.5 Å². The van der Waals surface area contributed by atoms with Crippen molar-refractivity contribution in [1.82, 2.24) is 9.97 Å². The Bertz CT molecular complexity index is 1190. The molecule has 2 N–H and O–H groups in total. The van der Waals surface area contributed by atoms with E-state index >= 15 is 0 Å². The van der Waals surface area contributed by atoms with Gasteiger partial charge in [-0.2, -0.15) is 13.2 Å². The van der Waals surface area contributed by atoms with E-state index in [4.69, 9.17) is 11.6 Å². The van der Waals surface area contributed by atoms with Gasteiger partial charge in [0.15, 0.2) is 5.13 Å². The highest BCUT2D eigenvalue weighted by molar-refractivity contribution is 7.14. The molecule has 1 aromatic carbocycles. The number of carbonyl (C=O) groups is 1.